The van der Waals surface area contributed by atoms with Gasteiger partial charge in [-0.15, -0.1) is 0 Å². The molecule has 1 aliphatic heterocycles. The van der Waals surface area contributed by atoms with E-state index in [-0.39, 0.29) is 33.9 Å². The summed E-state index contributed by atoms with van der Waals surface area (Å²) in [6, 6.07) is 10.8. The van der Waals surface area contributed by atoms with Gasteiger partial charge in [-0.3, -0.25) is 14.9 Å². The van der Waals surface area contributed by atoms with E-state index in [1.54, 1.807) is 18.2 Å². The summed E-state index contributed by atoms with van der Waals surface area (Å²) in [4.78, 5) is 28.0. The number of hydrogen-bond acceptors (Lipinski definition) is 8. The Hall–Kier alpha value is -3.09. The summed E-state index contributed by atoms with van der Waals surface area (Å²) in [5.41, 5.74) is 0.278. The zero-order valence-corrected chi connectivity index (χ0v) is 18.7. The van der Waals surface area contributed by atoms with Crippen molar-refractivity contribution in [1.29, 1.82) is 0 Å². The molecule has 1 atom stereocenters. The largest absolute Gasteiger partial charge is 0.494 e. The first kappa shape index (κ1) is 22.1. The summed E-state index contributed by atoms with van der Waals surface area (Å²) in [6.45, 7) is 0.422. The van der Waals surface area contributed by atoms with E-state index in [0.717, 1.165) is 11.3 Å². The molecule has 12 heteroatoms. The summed E-state index contributed by atoms with van der Waals surface area (Å²) in [7, 11) is -2.30. The molecule has 1 aromatic heterocycles. The number of anilines is 1. The highest BCUT2D eigenvalue weighted by atomic mass is 32.2. The smallest absolute Gasteiger partial charge is 0.274 e. The number of nitrogens with one attached hydrogen (secondary N) is 1. The van der Waals surface area contributed by atoms with E-state index in [9.17, 15) is 23.3 Å². The molecule has 0 bridgehead atoms. The molecule has 0 radical (unpaired) electrons. The molecule has 0 saturated carbocycles. The first-order chi connectivity index (χ1) is 15.3. The highest BCUT2D eigenvalue weighted by molar-refractivity contribution is 7.89. The predicted molar refractivity (Wildman–Crippen MR) is 119 cm³/mol. The fourth-order valence-corrected chi connectivity index (χ4v) is 6.09. The number of nitro groups is 1. The number of piperidine rings is 1. The third kappa shape index (κ3) is 4.29. The molecule has 0 spiro atoms. The lowest BCUT2D eigenvalue weighted by Crippen LogP contribution is -2.43. The second-order valence-electron chi connectivity index (χ2n) is 7.28. The van der Waals surface area contributed by atoms with Crippen LogP contribution in [0.1, 0.15) is 12.8 Å². The van der Waals surface area contributed by atoms with Gasteiger partial charge in [-0.25, -0.2) is 13.4 Å². The van der Waals surface area contributed by atoms with Crippen molar-refractivity contribution in [3.63, 3.8) is 0 Å². The lowest BCUT2D eigenvalue weighted by Gasteiger charge is -2.31. The van der Waals surface area contributed by atoms with E-state index in [2.05, 4.69) is 10.3 Å². The van der Waals surface area contributed by atoms with Gasteiger partial charge in [-0.05, 0) is 25.0 Å². The highest BCUT2D eigenvalue weighted by Gasteiger charge is 2.33. The minimum Gasteiger partial charge on any atom is -0.494 e. The Morgan fingerprint density at radius 2 is 2.06 bits per heavy atom. The van der Waals surface area contributed by atoms with E-state index in [0.29, 0.717) is 29.6 Å². The highest BCUT2D eigenvalue weighted by Crippen LogP contribution is 2.36. The normalized spacial score (nSPS) is 17.2. The SMILES string of the molecule is COc1cc([N+](=O)[O-])cc2sc(NC(=O)C3CCCN(S(=O)(=O)c4ccccc4)C3)nc12. The third-order valence-electron chi connectivity index (χ3n) is 5.24. The standard InChI is InChI=1S/C20H20N4O6S2/c1-30-16-10-14(24(26)27)11-17-18(16)21-20(31-17)22-19(25)13-6-5-9-23(12-13)32(28,29)15-7-3-2-4-8-15/h2-4,7-8,10-11,13H,5-6,9,12H2,1H3,(H,21,22,25). The van der Waals surface area contributed by atoms with Crippen molar-refractivity contribution in [3.8, 4) is 5.75 Å². The van der Waals surface area contributed by atoms with Crippen LogP contribution in [-0.4, -0.2) is 48.7 Å². The van der Waals surface area contributed by atoms with Crippen LogP contribution in [-0.2, 0) is 14.8 Å². The number of benzene rings is 2. The maximum absolute atomic E-state index is 12.9. The van der Waals surface area contributed by atoms with Gasteiger partial charge in [-0.2, -0.15) is 4.31 Å². The van der Waals surface area contributed by atoms with Crippen LogP contribution in [0.5, 0.6) is 5.75 Å². The number of methoxy groups -OCH3 is 1. The molecule has 2 aromatic carbocycles. The number of nitrogens with zero attached hydrogens (tertiary/aromatic N) is 3. The van der Waals surface area contributed by atoms with Gasteiger partial charge >= 0.3 is 0 Å². The molecule has 1 N–H and O–H groups in total. The van der Waals surface area contributed by atoms with Crippen molar-refractivity contribution in [2.45, 2.75) is 17.7 Å². The molecule has 3 aromatic rings. The van der Waals surface area contributed by atoms with Crippen molar-refractivity contribution in [3.05, 3.63) is 52.6 Å². The minimum atomic E-state index is -3.68. The zero-order chi connectivity index (χ0) is 22.9. The molecule has 1 saturated heterocycles. The number of carbonyl (C=O) groups is 1. The Morgan fingerprint density at radius 1 is 1.31 bits per heavy atom. The lowest BCUT2D eigenvalue weighted by molar-refractivity contribution is -0.384. The Bertz CT molecular complexity index is 1280. The maximum Gasteiger partial charge on any atom is 0.274 e. The molecule has 4 rings (SSSR count). The summed E-state index contributed by atoms with van der Waals surface area (Å²) >= 11 is 1.09. The van der Waals surface area contributed by atoms with Gasteiger partial charge in [-0.1, -0.05) is 29.5 Å². The second-order valence-corrected chi connectivity index (χ2v) is 10.2. The van der Waals surface area contributed by atoms with E-state index < -0.39 is 20.9 Å². The molecule has 32 heavy (non-hydrogen) atoms. The van der Waals surface area contributed by atoms with Gasteiger partial charge in [0.2, 0.25) is 15.9 Å². The fraction of sp³-hybridized carbons (Fsp3) is 0.300. The van der Waals surface area contributed by atoms with Crippen LogP contribution in [0.2, 0.25) is 0 Å². The Balaban J connectivity index is 1.52. The van der Waals surface area contributed by atoms with Crippen molar-refractivity contribution in [2.24, 2.45) is 5.92 Å². The number of non-ortho nitro benzene ring substituents is 1. The Kier molecular flexibility index (Phi) is 6.09. The minimum absolute atomic E-state index is 0.0722. The van der Waals surface area contributed by atoms with Crippen LogP contribution < -0.4 is 10.1 Å². The van der Waals surface area contributed by atoms with E-state index in [1.807, 2.05) is 0 Å². The molecule has 1 fully saturated rings. The monoisotopic (exact) mass is 476 g/mol. The van der Waals surface area contributed by atoms with Gasteiger partial charge in [0, 0.05) is 19.2 Å². The fourth-order valence-electron chi connectivity index (χ4n) is 3.62. The molecule has 1 unspecified atom stereocenters. The van der Waals surface area contributed by atoms with E-state index in [4.69, 9.17) is 4.74 Å². The Labute approximate surface area is 188 Å². The van der Waals surface area contributed by atoms with Gasteiger partial charge in [0.25, 0.3) is 5.69 Å². The van der Waals surface area contributed by atoms with Crippen LogP contribution in [0.4, 0.5) is 10.8 Å². The Morgan fingerprint density at radius 3 is 2.75 bits per heavy atom. The number of amides is 1. The van der Waals surface area contributed by atoms with E-state index >= 15 is 0 Å². The number of sulfonamides is 1. The third-order valence-corrected chi connectivity index (χ3v) is 8.04. The second kappa shape index (κ2) is 8.81. The van der Waals surface area contributed by atoms with Crippen molar-refractivity contribution in [1.82, 2.24) is 9.29 Å². The summed E-state index contributed by atoms with van der Waals surface area (Å²) < 4.78 is 32.8. The average molecular weight is 477 g/mol. The summed E-state index contributed by atoms with van der Waals surface area (Å²) in [5.74, 6) is -0.639. The number of carbonyl (C=O) groups excluding carboxylic acids is 1. The van der Waals surface area contributed by atoms with Crippen LogP contribution in [0, 0.1) is 16.0 Å². The van der Waals surface area contributed by atoms with Crippen LogP contribution in [0.3, 0.4) is 0 Å². The van der Waals surface area contributed by atoms with Crippen LogP contribution in [0.15, 0.2) is 47.4 Å². The molecule has 168 valence electrons. The number of rotatable bonds is 6. The van der Waals surface area contributed by atoms with Crippen molar-refractivity contribution in [2.75, 3.05) is 25.5 Å². The molecule has 0 aliphatic carbocycles. The first-order valence-electron chi connectivity index (χ1n) is 9.78. The molecular weight excluding hydrogens is 456 g/mol. The molecule has 1 amide bonds. The van der Waals surface area contributed by atoms with Crippen LogP contribution >= 0.6 is 11.3 Å². The number of fused-ring (bicyclic) bond motifs is 1. The molecule has 2 heterocycles. The van der Waals surface area contributed by atoms with Gasteiger partial charge in [0.1, 0.15) is 5.52 Å². The number of nitro benzene ring substituents is 1. The van der Waals surface area contributed by atoms with Crippen molar-refractivity contribution < 1.29 is 22.9 Å². The molecule has 1 aliphatic rings. The molecule has 10 nitrogen and oxygen atoms in total. The number of hydrogen-bond donors (Lipinski definition) is 1. The van der Waals surface area contributed by atoms with E-state index in [1.165, 1.54) is 35.7 Å². The first-order valence-corrected chi connectivity index (χ1v) is 12.0. The van der Waals surface area contributed by atoms with Gasteiger partial charge in [0.15, 0.2) is 10.9 Å². The van der Waals surface area contributed by atoms with Crippen LogP contribution in [0.25, 0.3) is 10.2 Å². The molecular formula is C20H20N4O6S2. The quantitative estimate of drug-likeness (QED) is 0.427. The zero-order valence-electron chi connectivity index (χ0n) is 17.1. The lowest BCUT2D eigenvalue weighted by atomic mass is 9.99. The number of aromatic nitrogens is 1. The summed E-state index contributed by atoms with van der Waals surface area (Å²) in [5, 5.41) is 14.1. The summed E-state index contributed by atoms with van der Waals surface area (Å²) in [6.07, 6.45) is 1.11. The number of thiazole rings is 1. The van der Waals surface area contributed by atoms with Gasteiger partial charge in [0.05, 0.1) is 33.6 Å². The average Bonchev–Trinajstić information content (AvgIpc) is 3.21. The maximum atomic E-state index is 12.9. The topological polar surface area (TPSA) is 132 Å². The number of ether oxygens (including phenoxy) is 1. The van der Waals surface area contributed by atoms with Crippen molar-refractivity contribution >= 4 is 48.3 Å². The predicted octanol–water partition coefficient (Wildman–Crippen LogP) is 3.25. The van der Waals surface area contributed by atoms with Gasteiger partial charge < -0.3 is 10.1 Å².